The molecule has 1 rings (SSSR count). The summed E-state index contributed by atoms with van der Waals surface area (Å²) in [4.78, 5) is 0. The zero-order chi connectivity index (χ0) is 10.1. The Morgan fingerprint density at radius 2 is 1.87 bits per heavy atom. The van der Waals surface area contributed by atoms with Crippen LogP contribution >= 0.6 is 24.8 Å². The van der Waals surface area contributed by atoms with Crippen molar-refractivity contribution in [3.05, 3.63) is 21.2 Å². The fourth-order valence-electron chi connectivity index (χ4n) is 1.72. The zero-order valence-corrected chi connectivity index (χ0v) is 13.9. The van der Waals surface area contributed by atoms with Crippen LogP contribution in [0.5, 0.6) is 0 Å². The smallest absolute Gasteiger partial charge is 0.147 e. The molecule has 0 bridgehead atoms. The van der Waals surface area contributed by atoms with Crippen LogP contribution in [0.25, 0.3) is 0 Å². The molecule has 0 atom stereocenters. The quantitative estimate of drug-likeness (QED) is 0.721. The van der Waals surface area contributed by atoms with Crippen LogP contribution in [0.4, 0.5) is 0 Å². The van der Waals surface area contributed by atoms with Gasteiger partial charge in [0.1, 0.15) is 0 Å². The van der Waals surface area contributed by atoms with Gasteiger partial charge in [0.2, 0.25) is 0 Å². The Bertz CT molecular complexity index is 262. The van der Waals surface area contributed by atoms with Gasteiger partial charge in [-0.15, -0.1) is 24.8 Å². The van der Waals surface area contributed by atoms with Crippen molar-refractivity contribution < 1.29 is 24.9 Å². The van der Waals surface area contributed by atoms with Gasteiger partial charge in [-0.1, -0.05) is 0 Å². The van der Waals surface area contributed by atoms with E-state index in [1.807, 2.05) is 0 Å². The molecule has 0 aromatic heterocycles. The van der Waals surface area contributed by atoms with Crippen molar-refractivity contribution in [3.8, 4) is 0 Å². The minimum atomic E-state index is -1.60. The number of hydrogen-bond donors (Lipinski definition) is 0. The molecule has 1 aliphatic rings. The molecule has 0 saturated heterocycles. The Labute approximate surface area is 118 Å². The first kappa shape index (κ1) is 18.3. The maximum Gasteiger partial charge on any atom is -0.147 e. The Balaban J connectivity index is 0. The number of allylic oxidation sites excluding steroid dienone is 4. The molecule has 0 unspecified atom stereocenters. The second-order valence-corrected chi connectivity index (χ2v) is 8.91. The van der Waals surface area contributed by atoms with Gasteiger partial charge in [0.15, 0.2) is 0 Å². The predicted octanol–water partition coefficient (Wildman–Crippen LogP) is 3.76. The minimum absolute atomic E-state index is 0. The van der Waals surface area contributed by atoms with Gasteiger partial charge in [0, 0.05) is 0 Å². The molecule has 0 aliphatic heterocycles. The van der Waals surface area contributed by atoms with E-state index >= 15 is 0 Å². The van der Waals surface area contributed by atoms with E-state index in [1.165, 1.54) is 9.07 Å². The van der Waals surface area contributed by atoms with Crippen molar-refractivity contribution in [1.82, 2.24) is 0 Å². The van der Waals surface area contributed by atoms with Crippen LogP contribution in [0, 0.1) is 0 Å². The van der Waals surface area contributed by atoms with Crippen molar-refractivity contribution in [2.45, 2.75) is 39.5 Å². The molecule has 0 heterocycles. The molecule has 15 heavy (non-hydrogen) atoms. The van der Waals surface area contributed by atoms with Crippen LogP contribution in [-0.4, -0.2) is 14.4 Å². The van der Waals surface area contributed by atoms with Gasteiger partial charge in [0.05, 0.1) is 0 Å². The standard InChI is InChI=1S/C10H17OSi.2ClH.Ti/c1-9(2)11-12(3,4)10-7-5-6-8-10;;;/h5,7,9H,6H2,1-4H3;2*1H;. The molecule has 0 aromatic carbocycles. The first-order valence-corrected chi connectivity index (χ1v) is 8.42. The van der Waals surface area contributed by atoms with Crippen molar-refractivity contribution in [3.63, 3.8) is 0 Å². The number of hydrogen-bond acceptors (Lipinski definition) is 1. The first-order valence-electron chi connectivity index (χ1n) is 4.73. The van der Waals surface area contributed by atoms with Gasteiger partial charge in [-0.05, 0) is 0 Å². The Morgan fingerprint density at radius 3 is 2.20 bits per heavy atom. The third-order valence-electron chi connectivity index (χ3n) is 2.11. The normalized spacial score (nSPS) is 15.2. The van der Waals surface area contributed by atoms with E-state index in [4.69, 9.17) is 4.43 Å². The molecular formula is C10H19Cl2OSiTi. The molecule has 0 saturated carbocycles. The molecular weight excluding hydrogens is 283 g/mol. The molecule has 0 aromatic rings. The number of halogens is 2. The Morgan fingerprint density at radius 1 is 1.33 bits per heavy atom. The van der Waals surface area contributed by atoms with E-state index in [9.17, 15) is 0 Å². The van der Waals surface area contributed by atoms with E-state index < -0.39 is 8.32 Å². The molecule has 0 N–H and O–H groups in total. The summed E-state index contributed by atoms with van der Waals surface area (Å²) in [5.41, 5.74) is 0. The van der Waals surface area contributed by atoms with Crippen molar-refractivity contribution >= 4 is 33.1 Å². The third-order valence-corrected chi connectivity index (χ3v) is 6.07. The van der Waals surface area contributed by atoms with Gasteiger partial charge in [-0.2, -0.15) is 0 Å². The fourth-order valence-corrected chi connectivity index (χ4v) is 6.10. The van der Waals surface area contributed by atoms with E-state index in [0.29, 0.717) is 6.10 Å². The summed E-state index contributed by atoms with van der Waals surface area (Å²) in [5.74, 6) is 0. The molecule has 0 radical (unpaired) electrons. The van der Waals surface area contributed by atoms with E-state index in [1.54, 1.807) is 0 Å². The number of rotatable bonds is 3. The summed E-state index contributed by atoms with van der Waals surface area (Å²) in [6.45, 7) is 8.79. The van der Waals surface area contributed by atoms with Crippen LogP contribution in [0.1, 0.15) is 20.3 Å². The molecule has 87 valence electrons. The van der Waals surface area contributed by atoms with E-state index in [-0.39, 0.29) is 24.8 Å². The Kier molecular flexibility index (Phi) is 8.93. The molecule has 1 aliphatic carbocycles. The summed E-state index contributed by atoms with van der Waals surface area (Å²) >= 11 is 2.22. The first-order chi connectivity index (χ1) is 5.93. The van der Waals surface area contributed by atoms with Crippen LogP contribution < -0.4 is 0 Å². The van der Waals surface area contributed by atoms with Crippen LogP contribution in [0.3, 0.4) is 0 Å². The van der Waals surface area contributed by atoms with Crippen molar-refractivity contribution in [1.29, 1.82) is 0 Å². The third kappa shape index (κ3) is 5.20. The summed E-state index contributed by atoms with van der Waals surface area (Å²) in [6, 6.07) is 0. The van der Waals surface area contributed by atoms with Gasteiger partial charge in [-0.25, -0.2) is 0 Å². The molecule has 5 heteroatoms. The molecule has 0 spiro atoms. The summed E-state index contributed by atoms with van der Waals surface area (Å²) in [6.07, 6.45) is 5.95. The maximum atomic E-state index is 6.02. The van der Waals surface area contributed by atoms with Gasteiger partial charge in [-0.3, -0.25) is 0 Å². The average Bonchev–Trinajstić information content (AvgIpc) is 2.32. The van der Waals surface area contributed by atoms with Crippen molar-refractivity contribution in [2.75, 3.05) is 0 Å². The molecule has 0 amide bonds. The SMILES string of the molecule is CC(C)O[Si](C)(C)C1=[C]([Ti])CC=C1.Cl.Cl. The van der Waals surface area contributed by atoms with Crippen LogP contribution in [0.2, 0.25) is 13.1 Å². The second kappa shape index (κ2) is 7.31. The predicted molar refractivity (Wildman–Crippen MR) is 69.0 cm³/mol. The van der Waals surface area contributed by atoms with E-state index in [0.717, 1.165) is 6.42 Å². The topological polar surface area (TPSA) is 9.23 Å². The van der Waals surface area contributed by atoms with Crippen LogP contribution in [-0.2, 0) is 24.9 Å². The Hall–Kier alpha value is 0.951. The van der Waals surface area contributed by atoms with Crippen LogP contribution in [0.15, 0.2) is 21.2 Å². The maximum absolute atomic E-state index is 6.02. The van der Waals surface area contributed by atoms with E-state index in [2.05, 4.69) is 59.5 Å². The largest absolute Gasteiger partial charge is 0.147 e. The zero-order valence-electron chi connectivity index (χ0n) is 9.66. The van der Waals surface area contributed by atoms with Gasteiger partial charge in [0.25, 0.3) is 0 Å². The summed E-state index contributed by atoms with van der Waals surface area (Å²) in [5, 5.41) is 1.49. The second-order valence-electron chi connectivity index (χ2n) is 4.18. The fraction of sp³-hybridized carbons (Fsp3) is 0.600. The van der Waals surface area contributed by atoms with Crippen molar-refractivity contribution in [2.24, 2.45) is 0 Å². The summed E-state index contributed by atoms with van der Waals surface area (Å²) in [7, 11) is -1.60. The molecule has 1 nitrogen and oxygen atoms in total. The van der Waals surface area contributed by atoms with Gasteiger partial charge < -0.3 is 0 Å². The van der Waals surface area contributed by atoms with Gasteiger partial charge >= 0.3 is 93.9 Å². The summed E-state index contributed by atoms with van der Waals surface area (Å²) < 4.78 is 7.52. The monoisotopic (exact) mass is 301 g/mol. The minimum Gasteiger partial charge on any atom is -0.147 e. The average molecular weight is 302 g/mol. The molecule has 0 fully saturated rings.